The first-order valence-electron chi connectivity index (χ1n) is 13.3. The molecule has 6 nitrogen and oxygen atoms in total. The van der Waals surface area contributed by atoms with Gasteiger partial charge in [-0.3, -0.25) is 0 Å². The standard InChI is InChI=1S/C29H46O6/c1-21(2)11-7-12-22(3)13-8-14-23(4)15-10-18-29(6,27-20-32-24(5)33-27)35-28(31)34-26-17-9-16-25(30)19-26/h9,16-17,19,21-23,27,30H,5,7-8,10-15,18,20H2,1-4,6H3. The summed E-state index contributed by atoms with van der Waals surface area (Å²) in [6.07, 6.45) is 9.04. The van der Waals surface area contributed by atoms with E-state index in [-0.39, 0.29) is 24.1 Å². The Balaban J connectivity index is 1.80. The predicted molar refractivity (Wildman–Crippen MR) is 138 cm³/mol. The van der Waals surface area contributed by atoms with Crippen LogP contribution in [0.2, 0.25) is 0 Å². The molecule has 1 aromatic carbocycles. The monoisotopic (exact) mass is 490 g/mol. The highest BCUT2D eigenvalue weighted by molar-refractivity contribution is 5.64. The molecule has 35 heavy (non-hydrogen) atoms. The third kappa shape index (κ3) is 10.8. The molecular weight excluding hydrogens is 444 g/mol. The summed E-state index contributed by atoms with van der Waals surface area (Å²) in [6, 6.07) is 6.06. The molecule has 1 fully saturated rings. The van der Waals surface area contributed by atoms with Crippen LogP contribution in [0, 0.1) is 17.8 Å². The van der Waals surface area contributed by atoms with E-state index in [9.17, 15) is 9.90 Å². The SMILES string of the molecule is C=C1OCC(C(C)(CCCC(C)CCCC(C)CCCC(C)C)OC(=O)Oc2cccc(O)c2)O1. The van der Waals surface area contributed by atoms with Crippen molar-refractivity contribution < 1.29 is 28.8 Å². The average Bonchev–Trinajstić information content (AvgIpc) is 3.20. The highest BCUT2D eigenvalue weighted by Gasteiger charge is 2.44. The summed E-state index contributed by atoms with van der Waals surface area (Å²) in [5.41, 5.74) is -0.919. The van der Waals surface area contributed by atoms with Gasteiger partial charge in [-0.25, -0.2) is 4.79 Å². The molecule has 0 aliphatic carbocycles. The van der Waals surface area contributed by atoms with E-state index in [2.05, 4.69) is 34.3 Å². The van der Waals surface area contributed by atoms with Gasteiger partial charge in [-0.1, -0.05) is 78.7 Å². The number of carbonyl (C=O) groups excluding carboxylic acids is 1. The second kappa shape index (κ2) is 14.3. The summed E-state index contributed by atoms with van der Waals surface area (Å²) >= 11 is 0. The second-order valence-corrected chi connectivity index (χ2v) is 10.9. The van der Waals surface area contributed by atoms with Gasteiger partial charge in [-0.05, 0) is 56.2 Å². The number of hydrogen-bond acceptors (Lipinski definition) is 6. The number of aromatic hydroxyl groups is 1. The number of hydrogen-bond donors (Lipinski definition) is 1. The zero-order valence-corrected chi connectivity index (χ0v) is 22.4. The van der Waals surface area contributed by atoms with Crippen LogP contribution < -0.4 is 4.74 Å². The number of rotatable bonds is 15. The highest BCUT2D eigenvalue weighted by Crippen LogP contribution is 2.33. The maximum Gasteiger partial charge on any atom is 0.514 e. The van der Waals surface area contributed by atoms with Crippen molar-refractivity contribution in [3.05, 3.63) is 36.8 Å². The van der Waals surface area contributed by atoms with Crippen molar-refractivity contribution in [2.75, 3.05) is 6.61 Å². The topological polar surface area (TPSA) is 74.2 Å². The normalized spacial score (nSPS) is 18.9. The van der Waals surface area contributed by atoms with Crippen LogP contribution >= 0.6 is 0 Å². The molecule has 0 bridgehead atoms. The van der Waals surface area contributed by atoms with E-state index in [1.807, 2.05) is 6.92 Å². The summed E-state index contributed by atoms with van der Waals surface area (Å²) in [4.78, 5) is 12.5. The maximum atomic E-state index is 12.5. The van der Waals surface area contributed by atoms with E-state index < -0.39 is 17.9 Å². The van der Waals surface area contributed by atoms with Crippen LogP contribution in [-0.2, 0) is 14.2 Å². The van der Waals surface area contributed by atoms with E-state index in [1.165, 1.54) is 50.7 Å². The molecule has 1 aliphatic heterocycles. The lowest BCUT2D eigenvalue weighted by molar-refractivity contribution is -0.0817. The number of phenols is 1. The summed E-state index contributed by atoms with van der Waals surface area (Å²) in [5, 5.41) is 9.60. The van der Waals surface area contributed by atoms with Crippen molar-refractivity contribution in [3.8, 4) is 11.5 Å². The van der Waals surface area contributed by atoms with Gasteiger partial charge in [0.2, 0.25) is 0 Å². The molecule has 0 saturated carbocycles. The minimum absolute atomic E-state index is 0.0147. The fourth-order valence-electron chi connectivity index (χ4n) is 4.61. The lowest BCUT2D eigenvalue weighted by Crippen LogP contribution is -2.45. The Morgan fingerprint density at radius 3 is 2.29 bits per heavy atom. The van der Waals surface area contributed by atoms with Crippen molar-refractivity contribution in [1.29, 1.82) is 0 Å². The van der Waals surface area contributed by atoms with Gasteiger partial charge in [0.15, 0.2) is 11.7 Å². The van der Waals surface area contributed by atoms with Crippen molar-refractivity contribution in [2.24, 2.45) is 17.8 Å². The first kappa shape index (κ1) is 28.9. The minimum atomic E-state index is -0.919. The summed E-state index contributed by atoms with van der Waals surface area (Å²) in [6.45, 7) is 15.1. The summed E-state index contributed by atoms with van der Waals surface area (Å²) in [5.74, 6) is 2.67. The van der Waals surface area contributed by atoms with Gasteiger partial charge in [0.1, 0.15) is 18.1 Å². The molecule has 1 heterocycles. The fraction of sp³-hybridized carbons (Fsp3) is 0.690. The Morgan fingerprint density at radius 2 is 1.71 bits per heavy atom. The molecule has 0 amide bonds. The Labute approximate surface area is 212 Å². The second-order valence-electron chi connectivity index (χ2n) is 10.9. The quantitative estimate of drug-likeness (QED) is 0.198. The average molecular weight is 491 g/mol. The molecule has 4 unspecified atom stereocenters. The van der Waals surface area contributed by atoms with Crippen LogP contribution in [0.15, 0.2) is 36.8 Å². The van der Waals surface area contributed by atoms with Crippen molar-refractivity contribution >= 4 is 6.16 Å². The number of phenolic OH excluding ortho intramolecular Hbond substituents is 1. The Bertz CT molecular complexity index is 791. The van der Waals surface area contributed by atoms with Gasteiger partial charge in [-0.2, -0.15) is 0 Å². The number of ether oxygens (including phenoxy) is 4. The third-order valence-electron chi connectivity index (χ3n) is 6.93. The first-order valence-corrected chi connectivity index (χ1v) is 13.3. The van der Waals surface area contributed by atoms with Gasteiger partial charge in [-0.15, -0.1) is 0 Å². The smallest absolute Gasteiger partial charge is 0.508 e. The largest absolute Gasteiger partial charge is 0.514 e. The Hall–Kier alpha value is -2.37. The Morgan fingerprint density at radius 1 is 1.09 bits per heavy atom. The molecule has 1 aliphatic rings. The predicted octanol–water partition coefficient (Wildman–Crippen LogP) is 7.99. The molecule has 1 N–H and O–H groups in total. The zero-order chi connectivity index (χ0) is 25.8. The summed E-state index contributed by atoms with van der Waals surface area (Å²) < 4.78 is 22.1. The van der Waals surface area contributed by atoms with Gasteiger partial charge in [0, 0.05) is 6.07 Å². The molecule has 1 saturated heterocycles. The van der Waals surface area contributed by atoms with Crippen LogP contribution in [-0.4, -0.2) is 29.6 Å². The van der Waals surface area contributed by atoms with Crippen LogP contribution in [0.4, 0.5) is 4.79 Å². The van der Waals surface area contributed by atoms with Crippen LogP contribution in [0.3, 0.4) is 0 Å². The van der Waals surface area contributed by atoms with Crippen LogP contribution in [0.5, 0.6) is 11.5 Å². The van der Waals surface area contributed by atoms with E-state index in [0.717, 1.165) is 24.7 Å². The molecule has 1 aromatic rings. The lowest BCUT2D eigenvalue weighted by atomic mass is 9.88. The molecule has 6 heteroatoms. The van der Waals surface area contributed by atoms with Gasteiger partial charge in [0.05, 0.1) is 0 Å². The zero-order valence-electron chi connectivity index (χ0n) is 22.4. The van der Waals surface area contributed by atoms with Gasteiger partial charge >= 0.3 is 6.16 Å². The van der Waals surface area contributed by atoms with Gasteiger partial charge in [0.25, 0.3) is 5.95 Å². The van der Waals surface area contributed by atoms with Crippen molar-refractivity contribution in [2.45, 2.75) is 104 Å². The van der Waals surface area contributed by atoms with E-state index in [0.29, 0.717) is 12.3 Å². The molecule has 0 spiro atoms. The molecule has 198 valence electrons. The Kier molecular flexibility index (Phi) is 11.8. The highest BCUT2D eigenvalue weighted by atomic mass is 16.8. The fourth-order valence-corrected chi connectivity index (χ4v) is 4.61. The molecule has 0 aromatic heterocycles. The van der Waals surface area contributed by atoms with Crippen molar-refractivity contribution in [1.82, 2.24) is 0 Å². The van der Waals surface area contributed by atoms with Crippen LogP contribution in [0.1, 0.15) is 92.4 Å². The van der Waals surface area contributed by atoms with Gasteiger partial charge < -0.3 is 24.1 Å². The summed E-state index contributed by atoms with van der Waals surface area (Å²) in [7, 11) is 0. The van der Waals surface area contributed by atoms with E-state index in [1.54, 1.807) is 12.1 Å². The molecule has 2 rings (SSSR count). The minimum Gasteiger partial charge on any atom is -0.508 e. The lowest BCUT2D eigenvalue weighted by Gasteiger charge is -2.32. The third-order valence-corrected chi connectivity index (χ3v) is 6.93. The molecule has 4 atom stereocenters. The van der Waals surface area contributed by atoms with E-state index >= 15 is 0 Å². The number of carbonyl (C=O) groups is 1. The van der Waals surface area contributed by atoms with Crippen LogP contribution in [0.25, 0.3) is 0 Å². The first-order chi connectivity index (χ1) is 16.6. The maximum absolute atomic E-state index is 12.5. The van der Waals surface area contributed by atoms with Crippen molar-refractivity contribution in [3.63, 3.8) is 0 Å². The molecule has 0 radical (unpaired) electrons. The number of benzene rings is 1. The van der Waals surface area contributed by atoms with E-state index in [4.69, 9.17) is 18.9 Å². The molecular formula is C29H46O6.